The summed E-state index contributed by atoms with van der Waals surface area (Å²) in [6.45, 7) is 2.10. The topological polar surface area (TPSA) is 73.6 Å². The highest BCUT2D eigenvalue weighted by Gasteiger charge is 2.43. The van der Waals surface area contributed by atoms with Gasteiger partial charge in [0, 0.05) is 14.2 Å². The van der Waals surface area contributed by atoms with Crippen molar-refractivity contribution < 1.29 is 14.3 Å². The number of hydrogen-bond donors (Lipinski definition) is 2. The van der Waals surface area contributed by atoms with Crippen LogP contribution in [0.4, 0.5) is 0 Å². The standard InChI is InChI=1S/C10H20N2O3/c1-10(11,7-4-5-7)9(13)12-6-8(14-2)15-3/h7-8H,4-6,11H2,1-3H3,(H,12,13). The minimum atomic E-state index is -0.758. The Kier molecular flexibility index (Phi) is 4.07. The molecular weight excluding hydrogens is 196 g/mol. The molecule has 0 radical (unpaired) electrons. The molecule has 0 aromatic rings. The van der Waals surface area contributed by atoms with E-state index in [1.54, 1.807) is 6.92 Å². The van der Waals surface area contributed by atoms with Crippen molar-refractivity contribution in [3.05, 3.63) is 0 Å². The minimum Gasteiger partial charge on any atom is -0.354 e. The van der Waals surface area contributed by atoms with Crippen LogP contribution in [0.3, 0.4) is 0 Å². The molecule has 3 N–H and O–H groups in total. The van der Waals surface area contributed by atoms with E-state index < -0.39 is 11.8 Å². The number of nitrogens with one attached hydrogen (secondary N) is 1. The van der Waals surface area contributed by atoms with Crippen molar-refractivity contribution in [1.82, 2.24) is 5.32 Å². The zero-order valence-electron chi connectivity index (χ0n) is 9.58. The number of nitrogens with two attached hydrogens (primary N) is 1. The summed E-state index contributed by atoms with van der Waals surface area (Å²) in [5, 5.41) is 2.73. The Bertz CT molecular complexity index is 223. The molecule has 15 heavy (non-hydrogen) atoms. The van der Waals surface area contributed by atoms with E-state index in [4.69, 9.17) is 15.2 Å². The molecule has 88 valence electrons. The molecule has 1 atom stereocenters. The number of carbonyl (C=O) groups excluding carboxylic acids is 1. The van der Waals surface area contributed by atoms with Gasteiger partial charge in [-0.15, -0.1) is 0 Å². The maximum Gasteiger partial charge on any atom is 0.240 e. The molecule has 1 rings (SSSR count). The third-order valence-corrected chi connectivity index (χ3v) is 2.87. The lowest BCUT2D eigenvalue weighted by molar-refractivity contribution is -0.132. The Morgan fingerprint density at radius 2 is 2.07 bits per heavy atom. The molecule has 0 aromatic carbocycles. The number of rotatable bonds is 6. The van der Waals surface area contributed by atoms with Crippen LogP contribution in [-0.2, 0) is 14.3 Å². The van der Waals surface area contributed by atoms with E-state index in [2.05, 4.69) is 5.32 Å². The van der Waals surface area contributed by atoms with Gasteiger partial charge in [-0.25, -0.2) is 0 Å². The molecule has 1 fully saturated rings. The number of methoxy groups -OCH3 is 2. The number of amides is 1. The predicted molar refractivity (Wildman–Crippen MR) is 56.1 cm³/mol. The summed E-state index contributed by atoms with van der Waals surface area (Å²) in [5.74, 6) is 0.185. The first-order chi connectivity index (χ1) is 7.02. The van der Waals surface area contributed by atoms with E-state index in [1.807, 2.05) is 0 Å². The first kappa shape index (κ1) is 12.4. The van der Waals surface area contributed by atoms with Gasteiger partial charge in [-0.2, -0.15) is 0 Å². The summed E-state index contributed by atoms with van der Waals surface area (Å²) >= 11 is 0. The molecule has 1 saturated carbocycles. The Balaban J connectivity index is 2.34. The highest BCUT2D eigenvalue weighted by molar-refractivity contribution is 5.86. The lowest BCUT2D eigenvalue weighted by atomic mass is 9.96. The largest absolute Gasteiger partial charge is 0.354 e. The van der Waals surface area contributed by atoms with Crippen molar-refractivity contribution in [2.24, 2.45) is 11.7 Å². The summed E-state index contributed by atoms with van der Waals surface area (Å²) in [6.07, 6.45) is 1.67. The molecule has 0 heterocycles. The smallest absolute Gasteiger partial charge is 0.240 e. The monoisotopic (exact) mass is 216 g/mol. The van der Waals surface area contributed by atoms with Gasteiger partial charge in [0.2, 0.25) is 5.91 Å². The van der Waals surface area contributed by atoms with Crippen LogP contribution < -0.4 is 11.1 Å². The molecule has 1 aliphatic carbocycles. The van der Waals surface area contributed by atoms with Crippen LogP contribution >= 0.6 is 0 Å². The fraction of sp³-hybridized carbons (Fsp3) is 0.900. The van der Waals surface area contributed by atoms with Gasteiger partial charge in [-0.3, -0.25) is 4.79 Å². The van der Waals surface area contributed by atoms with Crippen LogP contribution in [0.1, 0.15) is 19.8 Å². The number of hydrogen-bond acceptors (Lipinski definition) is 4. The van der Waals surface area contributed by atoms with E-state index in [0.29, 0.717) is 12.5 Å². The van der Waals surface area contributed by atoms with Crippen LogP contribution in [0, 0.1) is 5.92 Å². The van der Waals surface area contributed by atoms with Gasteiger partial charge in [0.15, 0.2) is 6.29 Å². The number of carbonyl (C=O) groups is 1. The van der Waals surface area contributed by atoms with E-state index in [9.17, 15) is 4.79 Å². The highest BCUT2D eigenvalue weighted by Crippen LogP contribution is 2.38. The van der Waals surface area contributed by atoms with Gasteiger partial charge in [0.05, 0.1) is 12.1 Å². The quantitative estimate of drug-likeness (QED) is 0.605. The second kappa shape index (κ2) is 4.92. The van der Waals surface area contributed by atoms with Gasteiger partial charge < -0.3 is 20.5 Å². The van der Waals surface area contributed by atoms with E-state index >= 15 is 0 Å². The van der Waals surface area contributed by atoms with Crippen molar-refractivity contribution in [1.29, 1.82) is 0 Å². The predicted octanol–water partition coefficient (Wildman–Crippen LogP) is -0.151. The molecule has 5 nitrogen and oxygen atoms in total. The normalized spacial score (nSPS) is 20.1. The zero-order valence-corrected chi connectivity index (χ0v) is 9.58. The molecule has 1 amide bonds. The van der Waals surface area contributed by atoms with Crippen LogP contribution in [0.2, 0.25) is 0 Å². The Morgan fingerprint density at radius 3 is 2.47 bits per heavy atom. The fourth-order valence-electron chi connectivity index (χ4n) is 1.50. The average molecular weight is 216 g/mol. The summed E-state index contributed by atoms with van der Waals surface area (Å²) in [4.78, 5) is 11.7. The molecule has 1 aliphatic rings. The van der Waals surface area contributed by atoms with Crippen molar-refractivity contribution >= 4 is 5.91 Å². The molecular formula is C10H20N2O3. The first-order valence-corrected chi connectivity index (χ1v) is 5.15. The van der Waals surface area contributed by atoms with Gasteiger partial charge >= 0.3 is 0 Å². The SMILES string of the molecule is COC(CNC(=O)C(C)(N)C1CC1)OC. The molecule has 0 spiro atoms. The van der Waals surface area contributed by atoms with Crippen molar-refractivity contribution in [2.75, 3.05) is 20.8 Å². The van der Waals surface area contributed by atoms with E-state index in [-0.39, 0.29) is 5.91 Å². The molecule has 0 bridgehead atoms. The van der Waals surface area contributed by atoms with Gasteiger partial charge in [-0.1, -0.05) is 0 Å². The molecule has 1 unspecified atom stereocenters. The highest BCUT2D eigenvalue weighted by atomic mass is 16.7. The van der Waals surface area contributed by atoms with Crippen molar-refractivity contribution in [3.63, 3.8) is 0 Å². The summed E-state index contributed by atoms with van der Waals surface area (Å²) < 4.78 is 9.92. The van der Waals surface area contributed by atoms with Crippen LogP contribution in [0.25, 0.3) is 0 Å². The van der Waals surface area contributed by atoms with E-state index in [1.165, 1.54) is 14.2 Å². The second-order valence-corrected chi connectivity index (χ2v) is 4.17. The Hall–Kier alpha value is -0.650. The van der Waals surface area contributed by atoms with Crippen molar-refractivity contribution in [3.8, 4) is 0 Å². The third kappa shape index (κ3) is 3.15. The van der Waals surface area contributed by atoms with Gasteiger partial charge in [0.25, 0.3) is 0 Å². The summed E-state index contributed by atoms with van der Waals surface area (Å²) in [5.41, 5.74) is 5.18. The third-order valence-electron chi connectivity index (χ3n) is 2.87. The minimum absolute atomic E-state index is 0.135. The first-order valence-electron chi connectivity index (χ1n) is 5.15. The average Bonchev–Trinajstić information content (AvgIpc) is 3.02. The van der Waals surface area contributed by atoms with Crippen LogP contribution in [0.15, 0.2) is 0 Å². The molecule has 0 aliphatic heterocycles. The lowest BCUT2D eigenvalue weighted by Crippen LogP contribution is -2.54. The summed E-state index contributed by atoms with van der Waals surface area (Å²) in [6, 6.07) is 0. The van der Waals surface area contributed by atoms with Crippen LogP contribution in [0.5, 0.6) is 0 Å². The van der Waals surface area contributed by atoms with Crippen molar-refractivity contribution in [2.45, 2.75) is 31.6 Å². The maximum atomic E-state index is 11.7. The zero-order chi connectivity index (χ0) is 11.5. The maximum absolute atomic E-state index is 11.7. The fourth-order valence-corrected chi connectivity index (χ4v) is 1.50. The molecule has 5 heteroatoms. The molecule has 0 aromatic heterocycles. The summed E-state index contributed by atoms with van der Waals surface area (Å²) in [7, 11) is 3.06. The lowest BCUT2D eigenvalue weighted by Gasteiger charge is -2.24. The van der Waals surface area contributed by atoms with Gasteiger partial charge in [0.1, 0.15) is 0 Å². The number of ether oxygens (including phenoxy) is 2. The Labute approximate surface area is 90.3 Å². The van der Waals surface area contributed by atoms with Crippen LogP contribution in [-0.4, -0.2) is 38.5 Å². The van der Waals surface area contributed by atoms with Gasteiger partial charge in [-0.05, 0) is 25.7 Å². The van der Waals surface area contributed by atoms with E-state index in [0.717, 1.165) is 12.8 Å². The molecule has 0 saturated heterocycles. The second-order valence-electron chi connectivity index (χ2n) is 4.17. The Morgan fingerprint density at radius 1 is 1.53 bits per heavy atom.